The summed E-state index contributed by atoms with van der Waals surface area (Å²) in [6.45, 7) is 0.859. The molecule has 0 amide bonds. The second kappa shape index (κ2) is 2.76. The number of rotatable bonds is 2. The molecule has 2 heteroatoms. The molecular formula is C14H15ClO. The summed E-state index contributed by atoms with van der Waals surface area (Å²) < 4.78 is 5.55. The lowest BCUT2D eigenvalue weighted by molar-refractivity contribution is -0.122. The third kappa shape index (κ3) is 0.982. The maximum atomic E-state index is 6.01. The summed E-state index contributed by atoms with van der Waals surface area (Å²) in [5, 5.41) is 0. The van der Waals surface area contributed by atoms with Crippen LogP contribution in [0, 0.1) is 5.41 Å². The molecule has 0 radical (unpaired) electrons. The first kappa shape index (κ1) is 9.35. The lowest BCUT2D eigenvalue weighted by Gasteiger charge is -2.71. The first-order valence-corrected chi connectivity index (χ1v) is 6.61. The molecule has 0 N–H and O–H groups in total. The molecule has 4 aliphatic rings. The minimum Gasteiger partial charge on any atom is -0.493 e. The Balaban J connectivity index is 1.66. The highest BCUT2D eigenvalue weighted by molar-refractivity contribution is 6.18. The second-order valence-corrected chi connectivity index (χ2v) is 6.13. The Labute approximate surface area is 101 Å². The van der Waals surface area contributed by atoms with Crippen LogP contribution in [-0.2, 0) is 11.8 Å². The lowest BCUT2D eigenvalue weighted by Crippen LogP contribution is -2.65. The van der Waals surface area contributed by atoms with Crippen LogP contribution in [0.15, 0.2) is 18.2 Å². The summed E-state index contributed by atoms with van der Waals surface area (Å²) in [6.07, 6.45) is 5.01. The Hall–Kier alpha value is -0.690. The molecule has 3 saturated carbocycles. The van der Waals surface area contributed by atoms with E-state index in [0.717, 1.165) is 24.7 Å². The second-order valence-electron chi connectivity index (χ2n) is 5.87. The van der Waals surface area contributed by atoms with Crippen molar-refractivity contribution >= 4 is 11.6 Å². The topological polar surface area (TPSA) is 9.23 Å². The van der Waals surface area contributed by atoms with Gasteiger partial charge in [-0.25, -0.2) is 0 Å². The molecule has 16 heavy (non-hydrogen) atoms. The number of fused-ring (bicyclic) bond motifs is 1. The molecule has 1 nitrogen and oxygen atoms in total. The van der Waals surface area contributed by atoms with E-state index < -0.39 is 0 Å². The van der Waals surface area contributed by atoms with Crippen molar-refractivity contribution in [2.75, 3.05) is 12.5 Å². The van der Waals surface area contributed by atoms with E-state index >= 15 is 0 Å². The molecule has 3 aliphatic carbocycles. The van der Waals surface area contributed by atoms with E-state index in [-0.39, 0.29) is 0 Å². The molecule has 84 valence electrons. The van der Waals surface area contributed by atoms with E-state index in [1.165, 1.54) is 30.4 Å². The fraction of sp³-hybridized carbons (Fsp3) is 0.571. The van der Waals surface area contributed by atoms with E-state index in [1.807, 2.05) is 0 Å². The van der Waals surface area contributed by atoms with Gasteiger partial charge in [0, 0.05) is 12.3 Å². The summed E-state index contributed by atoms with van der Waals surface area (Å²) in [5.41, 5.74) is 3.94. The number of hydrogen-bond acceptors (Lipinski definition) is 1. The normalized spacial score (nSPS) is 38.3. The third-order valence-corrected chi connectivity index (χ3v) is 5.29. The maximum absolute atomic E-state index is 6.01. The van der Waals surface area contributed by atoms with Crippen LogP contribution >= 0.6 is 11.6 Å². The van der Waals surface area contributed by atoms with Gasteiger partial charge in [0.05, 0.1) is 6.61 Å². The molecule has 1 heterocycles. The fourth-order valence-electron chi connectivity index (χ4n) is 3.96. The van der Waals surface area contributed by atoms with Gasteiger partial charge in [0.1, 0.15) is 5.75 Å². The third-order valence-electron chi connectivity index (χ3n) is 4.73. The molecule has 3 fully saturated rings. The Bertz CT molecular complexity index is 446. The average molecular weight is 235 g/mol. The molecule has 0 atom stereocenters. The highest BCUT2D eigenvalue weighted by atomic mass is 35.5. The summed E-state index contributed by atoms with van der Waals surface area (Å²) in [5.74, 6) is 1.95. The summed E-state index contributed by atoms with van der Waals surface area (Å²) in [6, 6.07) is 6.80. The Morgan fingerprint density at radius 1 is 1.25 bits per heavy atom. The van der Waals surface area contributed by atoms with Gasteiger partial charge in [-0.3, -0.25) is 0 Å². The van der Waals surface area contributed by atoms with Crippen molar-refractivity contribution in [3.63, 3.8) is 0 Å². The van der Waals surface area contributed by atoms with Gasteiger partial charge in [-0.1, -0.05) is 12.1 Å². The predicted octanol–water partition coefficient (Wildman–Crippen LogP) is 3.28. The molecule has 5 rings (SSSR count). The average Bonchev–Trinajstić information content (AvgIpc) is 2.61. The van der Waals surface area contributed by atoms with E-state index in [4.69, 9.17) is 16.3 Å². The van der Waals surface area contributed by atoms with E-state index in [9.17, 15) is 0 Å². The number of alkyl halides is 1. The zero-order valence-electron chi connectivity index (χ0n) is 9.26. The summed E-state index contributed by atoms with van der Waals surface area (Å²) in [4.78, 5) is 0. The van der Waals surface area contributed by atoms with Crippen LogP contribution in [-0.4, -0.2) is 12.5 Å². The fourth-order valence-corrected chi connectivity index (χ4v) is 4.25. The van der Waals surface area contributed by atoms with Crippen LogP contribution in [0.2, 0.25) is 0 Å². The van der Waals surface area contributed by atoms with Gasteiger partial charge < -0.3 is 4.74 Å². The first-order valence-electron chi connectivity index (χ1n) is 6.08. The predicted molar refractivity (Wildman–Crippen MR) is 64.3 cm³/mol. The minimum absolute atomic E-state index is 0.493. The van der Waals surface area contributed by atoms with Gasteiger partial charge in [-0.15, -0.1) is 11.6 Å². The summed E-state index contributed by atoms with van der Waals surface area (Å²) in [7, 11) is 0. The van der Waals surface area contributed by atoms with Gasteiger partial charge >= 0.3 is 0 Å². The highest BCUT2D eigenvalue weighted by Gasteiger charge is 2.67. The molecule has 1 aliphatic heterocycles. The molecule has 0 unspecified atom stereocenters. The van der Waals surface area contributed by atoms with Crippen molar-refractivity contribution in [2.45, 2.75) is 31.1 Å². The van der Waals surface area contributed by atoms with Crippen LogP contribution in [0.5, 0.6) is 5.75 Å². The Morgan fingerprint density at radius 3 is 2.81 bits per heavy atom. The molecule has 0 saturated heterocycles. The van der Waals surface area contributed by atoms with Crippen LogP contribution < -0.4 is 4.74 Å². The number of halogens is 1. The van der Waals surface area contributed by atoms with Crippen molar-refractivity contribution in [1.29, 1.82) is 0 Å². The van der Waals surface area contributed by atoms with Crippen molar-refractivity contribution in [1.82, 2.24) is 0 Å². The Morgan fingerprint density at radius 2 is 2.06 bits per heavy atom. The molecule has 1 aromatic rings. The minimum atomic E-state index is 0.493. The van der Waals surface area contributed by atoms with Crippen LogP contribution in [0.1, 0.15) is 30.4 Å². The Kier molecular flexibility index (Phi) is 1.61. The van der Waals surface area contributed by atoms with Gasteiger partial charge in [-0.05, 0) is 47.3 Å². The zero-order valence-corrected chi connectivity index (χ0v) is 10.0. The SMILES string of the molecule is ClCC12CC(c3ccc4c(c3)CCO4)(C1)C2. The maximum Gasteiger partial charge on any atom is 0.122 e. The van der Waals surface area contributed by atoms with Crippen molar-refractivity contribution in [3.05, 3.63) is 29.3 Å². The number of benzene rings is 1. The van der Waals surface area contributed by atoms with Gasteiger partial charge in [0.15, 0.2) is 0 Å². The van der Waals surface area contributed by atoms with E-state index in [1.54, 1.807) is 0 Å². The molecule has 0 spiro atoms. The first-order chi connectivity index (χ1) is 7.75. The monoisotopic (exact) mass is 234 g/mol. The van der Waals surface area contributed by atoms with Crippen molar-refractivity contribution in [3.8, 4) is 5.75 Å². The number of ether oxygens (including phenoxy) is 1. The van der Waals surface area contributed by atoms with Crippen LogP contribution in [0.3, 0.4) is 0 Å². The molecule has 1 aromatic carbocycles. The number of hydrogen-bond donors (Lipinski definition) is 0. The molecular weight excluding hydrogens is 220 g/mol. The lowest BCUT2D eigenvalue weighted by atomic mass is 9.34. The van der Waals surface area contributed by atoms with Crippen LogP contribution in [0.25, 0.3) is 0 Å². The van der Waals surface area contributed by atoms with E-state index in [2.05, 4.69) is 18.2 Å². The van der Waals surface area contributed by atoms with Crippen molar-refractivity contribution < 1.29 is 4.74 Å². The van der Waals surface area contributed by atoms with Gasteiger partial charge in [-0.2, -0.15) is 0 Å². The van der Waals surface area contributed by atoms with Crippen molar-refractivity contribution in [2.24, 2.45) is 5.41 Å². The zero-order chi connectivity index (χ0) is 10.8. The highest BCUT2D eigenvalue weighted by Crippen LogP contribution is 2.74. The quantitative estimate of drug-likeness (QED) is 0.714. The van der Waals surface area contributed by atoms with Crippen LogP contribution in [0.4, 0.5) is 0 Å². The molecule has 2 bridgehead atoms. The van der Waals surface area contributed by atoms with Gasteiger partial charge in [0.25, 0.3) is 0 Å². The smallest absolute Gasteiger partial charge is 0.122 e. The van der Waals surface area contributed by atoms with Gasteiger partial charge in [0.2, 0.25) is 0 Å². The van der Waals surface area contributed by atoms with E-state index in [0.29, 0.717) is 10.8 Å². The largest absolute Gasteiger partial charge is 0.493 e. The summed E-state index contributed by atoms with van der Waals surface area (Å²) >= 11 is 6.01. The standard InChI is InChI=1S/C14H15ClO/c15-9-13-6-14(7-13,8-13)11-1-2-12-10(5-11)3-4-16-12/h1-2,5H,3-4,6-9H2. The molecule has 0 aromatic heterocycles.